The van der Waals surface area contributed by atoms with Crippen molar-refractivity contribution >= 4 is 17.1 Å². The van der Waals surface area contributed by atoms with Crippen LogP contribution in [0.1, 0.15) is 39.3 Å². The molecule has 0 N–H and O–H groups in total. The quantitative estimate of drug-likeness (QED) is 0.708. The molecule has 1 aliphatic rings. The van der Waals surface area contributed by atoms with E-state index in [-0.39, 0.29) is 29.9 Å². The molecule has 1 aliphatic heterocycles. The smallest absolute Gasteiger partial charge is 0.302 e. The molecular weight excluding hydrogens is 304 g/mol. The minimum absolute atomic E-state index is 0.172. The van der Waals surface area contributed by atoms with Crippen molar-refractivity contribution in [3.63, 3.8) is 0 Å². The number of ether oxygens (including phenoxy) is 2. The highest BCUT2D eigenvalue weighted by Gasteiger charge is 2.30. The van der Waals surface area contributed by atoms with E-state index in [1.54, 1.807) is 0 Å². The highest BCUT2D eigenvalue weighted by atomic mass is 16.6. The van der Waals surface area contributed by atoms with E-state index in [2.05, 4.69) is 20.6 Å². The van der Waals surface area contributed by atoms with Gasteiger partial charge in [-0.3, -0.25) is 9.59 Å². The first-order valence-electron chi connectivity index (χ1n) is 7.57. The number of fused-ring (bicyclic) bond motifs is 1. The summed E-state index contributed by atoms with van der Waals surface area (Å²) in [4.78, 5) is 23.5. The van der Waals surface area contributed by atoms with E-state index in [9.17, 15) is 9.59 Å². The van der Waals surface area contributed by atoms with Crippen molar-refractivity contribution in [2.45, 2.75) is 52.0 Å². The molecule has 2 aromatic heterocycles. The Kier molecular flexibility index (Phi) is 4.33. The molecule has 10 nitrogen and oxygen atoms in total. The fraction of sp³-hybridized carbons (Fsp3) is 0.692. The van der Waals surface area contributed by atoms with Gasteiger partial charge in [0.15, 0.2) is 11.7 Å². The molecule has 0 saturated carbocycles. The van der Waals surface area contributed by atoms with Crippen molar-refractivity contribution in [1.29, 1.82) is 0 Å². The van der Waals surface area contributed by atoms with Crippen LogP contribution in [0.4, 0.5) is 0 Å². The van der Waals surface area contributed by atoms with Gasteiger partial charge >= 0.3 is 5.97 Å². The molecule has 0 bridgehead atoms. The molecule has 0 aromatic carbocycles. The van der Waals surface area contributed by atoms with Gasteiger partial charge in [-0.25, -0.2) is 4.68 Å². The van der Waals surface area contributed by atoms with E-state index in [1.165, 1.54) is 16.3 Å². The molecule has 1 saturated heterocycles. The molecule has 2 atom stereocenters. The average molecular weight is 322 g/mol. The predicted molar refractivity (Wildman–Crippen MR) is 77.4 cm³/mol. The zero-order chi connectivity index (χ0) is 16.4. The summed E-state index contributed by atoms with van der Waals surface area (Å²) in [5.41, 5.74) is 0.231. The molecule has 3 rings (SSSR count). The fourth-order valence-corrected chi connectivity index (χ4v) is 2.57. The maximum absolute atomic E-state index is 12.6. The Morgan fingerprint density at radius 2 is 2.13 bits per heavy atom. The lowest BCUT2D eigenvalue weighted by Gasteiger charge is -2.14. The Balaban J connectivity index is 1.83. The second-order valence-corrected chi connectivity index (χ2v) is 5.42. The maximum atomic E-state index is 12.6. The second-order valence-electron chi connectivity index (χ2n) is 5.42. The molecule has 23 heavy (non-hydrogen) atoms. The van der Waals surface area contributed by atoms with E-state index >= 15 is 0 Å². The van der Waals surface area contributed by atoms with Crippen LogP contribution in [0.25, 0.3) is 11.2 Å². The summed E-state index contributed by atoms with van der Waals surface area (Å²) in [6, 6.07) is 0. The van der Waals surface area contributed by atoms with E-state index in [1.807, 2.05) is 6.92 Å². The van der Waals surface area contributed by atoms with Gasteiger partial charge in [-0.05, 0) is 19.3 Å². The first kappa shape index (κ1) is 15.5. The van der Waals surface area contributed by atoms with Crippen molar-refractivity contribution in [2.24, 2.45) is 0 Å². The van der Waals surface area contributed by atoms with Gasteiger partial charge in [-0.1, -0.05) is 17.4 Å². The van der Waals surface area contributed by atoms with Crippen molar-refractivity contribution in [2.75, 3.05) is 6.61 Å². The lowest BCUT2D eigenvalue weighted by molar-refractivity contribution is -0.145. The van der Waals surface area contributed by atoms with Gasteiger partial charge in [-0.15, -0.1) is 10.2 Å². The Morgan fingerprint density at radius 3 is 2.87 bits per heavy atom. The molecule has 1 fully saturated rings. The molecule has 2 unspecified atom stereocenters. The van der Waals surface area contributed by atoms with Crippen molar-refractivity contribution < 1.29 is 14.3 Å². The van der Waals surface area contributed by atoms with Crippen LogP contribution >= 0.6 is 0 Å². The molecule has 0 radical (unpaired) electrons. The van der Waals surface area contributed by atoms with Crippen LogP contribution in [0.3, 0.4) is 0 Å². The van der Waals surface area contributed by atoms with Gasteiger partial charge in [0.2, 0.25) is 5.65 Å². The third-order valence-electron chi connectivity index (χ3n) is 3.63. The summed E-state index contributed by atoms with van der Waals surface area (Å²) in [6.07, 6.45) is 1.33. The van der Waals surface area contributed by atoms with E-state index in [0.717, 1.165) is 6.42 Å². The monoisotopic (exact) mass is 322 g/mol. The highest BCUT2D eigenvalue weighted by Crippen LogP contribution is 2.26. The van der Waals surface area contributed by atoms with Crippen LogP contribution in [-0.4, -0.2) is 48.7 Å². The largest absolute Gasteiger partial charge is 0.463 e. The zero-order valence-electron chi connectivity index (χ0n) is 13.0. The number of hydrogen-bond donors (Lipinski definition) is 0. The molecular formula is C13H18N6O4. The Hall–Kier alpha value is -2.36. The molecule has 10 heteroatoms. The van der Waals surface area contributed by atoms with Gasteiger partial charge in [-0.2, -0.15) is 4.68 Å². The Labute approximate surface area is 131 Å². The van der Waals surface area contributed by atoms with Crippen LogP contribution in [0.2, 0.25) is 0 Å². The van der Waals surface area contributed by atoms with Crippen LogP contribution in [0.15, 0.2) is 4.79 Å². The van der Waals surface area contributed by atoms with Gasteiger partial charge < -0.3 is 9.47 Å². The molecule has 124 valence electrons. The van der Waals surface area contributed by atoms with Gasteiger partial charge in [0, 0.05) is 13.5 Å². The zero-order valence-corrected chi connectivity index (χ0v) is 13.0. The molecule has 0 aliphatic carbocycles. The van der Waals surface area contributed by atoms with Gasteiger partial charge in [0.05, 0.1) is 6.10 Å². The van der Waals surface area contributed by atoms with E-state index < -0.39 is 6.23 Å². The number of hydrogen-bond acceptors (Lipinski definition) is 8. The Bertz CT molecular complexity index is 769. The van der Waals surface area contributed by atoms with Gasteiger partial charge in [0.1, 0.15) is 6.61 Å². The summed E-state index contributed by atoms with van der Waals surface area (Å²) in [6.45, 7) is 4.09. The molecule has 2 aromatic rings. The third kappa shape index (κ3) is 3.07. The molecule has 3 heterocycles. The lowest BCUT2D eigenvalue weighted by atomic mass is 10.2. The summed E-state index contributed by atoms with van der Waals surface area (Å²) in [7, 11) is 0. The first-order valence-corrected chi connectivity index (χ1v) is 7.57. The maximum Gasteiger partial charge on any atom is 0.302 e. The number of nitrogens with zero attached hydrogens (tertiary/aromatic N) is 6. The topological polar surface area (TPSA) is 114 Å². The van der Waals surface area contributed by atoms with Crippen LogP contribution in [0, 0.1) is 0 Å². The normalized spacial score (nSPS) is 21.0. The standard InChI is InChI=1S/C13H18N6O4/c1-3-6-18-11-12(14-16-18)15-17-19(13(11)21)10-5-4-9(23-10)7-22-8(2)20/h9-10H,3-7H2,1-2H3. The number of carbonyl (C=O) groups excluding carboxylic acids is 1. The Morgan fingerprint density at radius 1 is 1.35 bits per heavy atom. The fourth-order valence-electron chi connectivity index (χ4n) is 2.57. The van der Waals surface area contributed by atoms with E-state index in [4.69, 9.17) is 9.47 Å². The number of aryl methyl sites for hydroxylation is 1. The minimum Gasteiger partial charge on any atom is -0.463 e. The summed E-state index contributed by atoms with van der Waals surface area (Å²) < 4.78 is 13.4. The van der Waals surface area contributed by atoms with Gasteiger partial charge in [0.25, 0.3) is 5.56 Å². The number of rotatable bonds is 5. The van der Waals surface area contributed by atoms with Crippen LogP contribution in [0.5, 0.6) is 0 Å². The van der Waals surface area contributed by atoms with Crippen molar-refractivity contribution in [3.8, 4) is 0 Å². The molecule has 0 amide bonds. The predicted octanol–water partition coefficient (Wildman–Crippen LogP) is 0.0337. The summed E-state index contributed by atoms with van der Waals surface area (Å²) in [5, 5.41) is 15.6. The second kappa shape index (κ2) is 6.41. The number of carbonyl (C=O) groups is 1. The summed E-state index contributed by atoms with van der Waals surface area (Å²) in [5.74, 6) is -0.357. The average Bonchev–Trinajstić information content (AvgIpc) is 3.14. The SMILES string of the molecule is CCCn1nnc2nnn(C3CCC(COC(C)=O)O3)c(=O)c21. The molecule has 0 spiro atoms. The highest BCUT2D eigenvalue weighted by molar-refractivity contribution is 5.67. The van der Waals surface area contributed by atoms with Crippen LogP contribution < -0.4 is 5.56 Å². The van der Waals surface area contributed by atoms with E-state index in [0.29, 0.717) is 24.9 Å². The summed E-state index contributed by atoms with van der Waals surface area (Å²) >= 11 is 0. The van der Waals surface area contributed by atoms with Crippen LogP contribution in [-0.2, 0) is 20.8 Å². The number of aromatic nitrogens is 6. The van der Waals surface area contributed by atoms with Crippen molar-refractivity contribution in [1.82, 2.24) is 30.0 Å². The lowest BCUT2D eigenvalue weighted by Crippen LogP contribution is -2.30. The third-order valence-corrected chi connectivity index (χ3v) is 3.63. The number of esters is 1. The minimum atomic E-state index is -0.523. The first-order chi connectivity index (χ1) is 11.1. The van der Waals surface area contributed by atoms with Crippen molar-refractivity contribution in [3.05, 3.63) is 10.4 Å².